The summed E-state index contributed by atoms with van der Waals surface area (Å²) in [5, 5.41) is 28.1. The van der Waals surface area contributed by atoms with E-state index in [9.17, 15) is 10.2 Å². The Hall–Kier alpha value is -1.26. The van der Waals surface area contributed by atoms with E-state index in [1.165, 1.54) is 7.11 Å². The second-order valence-electron chi connectivity index (χ2n) is 3.41. The summed E-state index contributed by atoms with van der Waals surface area (Å²) in [5.41, 5.74) is 2.50. The van der Waals surface area contributed by atoms with Crippen molar-refractivity contribution in [2.24, 2.45) is 0 Å². The van der Waals surface area contributed by atoms with Crippen LogP contribution in [0.3, 0.4) is 0 Å². The number of aliphatic hydroxyl groups excluding tert-OH is 2. The Morgan fingerprint density at radius 2 is 1.53 bits per heavy atom. The first-order valence-electron chi connectivity index (χ1n) is 4.68. The Kier molecular flexibility index (Phi) is 3.55. The fourth-order valence-electron chi connectivity index (χ4n) is 1.77. The number of phenols is 1. The number of benzene rings is 1. The van der Waals surface area contributed by atoms with Crippen molar-refractivity contribution in [3.63, 3.8) is 0 Å². The number of hydrogen-bond acceptors (Lipinski definition) is 4. The molecule has 0 aliphatic carbocycles. The lowest BCUT2D eigenvalue weighted by atomic mass is 9.96. The van der Waals surface area contributed by atoms with Crippen LogP contribution in [0.15, 0.2) is 0 Å². The molecule has 0 radical (unpaired) electrons. The highest BCUT2D eigenvalue weighted by molar-refractivity contribution is 5.58. The van der Waals surface area contributed by atoms with Crippen molar-refractivity contribution in [3.05, 3.63) is 22.3 Å². The highest BCUT2D eigenvalue weighted by atomic mass is 16.5. The molecule has 0 aromatic heterocycles. The van der Waals surface area contributed by atoms with E-state index in [0.717, 1.165) is 0 Å². The Morgan fingerprint density at radius 1 is 1.00 bits per heavy atom. The van der Waals surface area contributed by atoms with Crippen molar-refractivity contribution in [1.82, 2.24) is 0 Å². The summed E-state index contributed by atoms with van der Waals surface area (Å²) < 4.78 is 5.04. The van der Waals surface area contributed by atoms with Crippen molar-refractivity contribution in [1.29, 1.82) is 0 Å². The monoisotopic (exact) mass is 212 g/mol. The third kappa shape index (κ3) is 1.78. The summed E-state index contributed by atoms with van der Waals surface area (Å²) in [6, 6.07) is 0. The van der Waals surface area contributed by atoms with Crippen LogP contribution in [0, 0.1) is 13.8 Å². The summed E-state index contributed by atoms with van der Waals surface area (Å²) in [4.78, 5) is 0. The predicted octanol–water partition coefficient (Wildman–Crippen LogP) is 1.00. The maximum absolute atomic E-state index is 9.80. The number of methoxy groups -OCH3 is 1. The summed E-state index contributed by atoms with van der Waals surface area (Å²) in [7, 11) is 1.44. The minimum absolute atomic E-state index is 0.0489. The molecule has 0 saturated carbocycles. The van der Waals surface area contributed by atoms with Gasteiger partial charge in [0.05, 0.1) is 20.3 Å². The standard InChI is InChI=1S/C11H16O4/c1-6-8(4-12)7(2)11(15-3)10(14)9(6)5-13/h12-14H,4-5H2,1-3H3. The number of aliphatic hydroxyl groups is 2. The zero-order valence-corrected chi connectivity index (χ0v) is 9.16. The number of aromatic hydroxyl groups is 1. The van der Waals surface area contributed by atoms with Gasteiger partial charge in [-0.1, -0.05) is 0 Å². The molecule has 0 unspecified atom stereocenters. The SMILES string of the molecule is COc1c(C)c(CO)c(C)c(CO)c1O. The maximum Gasteiger partial charge on any atom is 0.164 e. The van der Waals surface area contributed by atoms with Gasteiger partial charge in [0, 0.05) is 11.1 Å². The fraction of sp³-hybridized carbons (Fsp3) is 0.455. The molecule has 1 rings (SSSR count). The van der Waals surface area contributed by atoms with E-state index >= 15 is 0 Å². The minimum atomic E-state index is -0.276. The average Bonchev–Trinajstić information content (AvgIpc) is 2.19. The van der Waals surface area contributed by atoms with Crippen molar-refractivity contribution in [3.8, 4) is 11.5 Å². The van der Waals surface area contributed by atoms with Gasteiger partial charge in [0.2, 0.25) is 0 Å². The predicted molar refractivity (Wildman–Crippen MR) is 56.0 cm³/mol. The normalized spacial score (nSPS) is 10.5. The topological polar surface area (TPSA) is 69.9 Å². The lowest BCUT2D eigenvalue weighted by Gasteiger charge is -2.17. The molecule has 0 saturated heterocycles. The van der Waals surface area contributed by atoms with E-state index in [0.29, 0.717) is 28.0 Å². The molecule has 0 spiro atoms. The van der Waals surface area contributed by atoms with Crippen LogP contribution in [0.2, 0.25) is 0 Å². The molecule has 0 aliphatic rings. The van der Waals surface area contributed by atoms with E-state index in [-0.39, 0.29) is 19.0 Å². The zero-order valence-electron chi connectivity index (χ0n) is 9.16. The molecular weight excluding hydrogens is 196 g/mol. The number of ether oxygens (including phenoxy) is 1. The van der Waals surface area contributed by atoms with Gasteiger partial charge in [0.25, 0.3) is 0 Å². The first-order valence-corrected chi connectivity index (χ1v) is 4.68. The summed E-state index contributed by atoms with van der Waals surface area (Å²) in [6.45, 7) is 3.10. The first kappa shape index (κ1) is 11.8. The lowest BCUT2D eigenvalue weighted by molar-refractivity contribution is 0.264. The van der Waals surface area contributed by atoms with Crippen LogP contribution < -0.4 is 4.74 Å². The molecule has 0 amide bonds. The maximum atomic E-state index is 9.80. The Bertz CT molecular complexity index is 293. The van der Waals surface area contributed by atoms with Crippen LogP contribution in [0.5, 0.6) is 11.5 Å². The second kappa shape index (κ2) is 4.51. The summed E-state index contributed by atoms with van der Waals surface area (Å²) in [6.07, 6.45) is 0. The van der Waals surface area contributed by atoms with Crippen molar-refractivity contribution in [2.75, 3.05) is 7.11 Å². The molecule has 1 aromatic carbocycles. The lowest BCUT2D eigenvalue weighted by Crippen LogP contribution is -2.03. The first-order chi connectivity index (χ1) is 7.08. The summed E-state index contributed by atoms with van der Waals surface area (Å²) in [5.74, 6) is 0.265. The number of hydrogen-bond donors (Lipinski definition) is 3. The Morgan fingerprint density at radius 3 is 1.93 bits per heavy atom. The van der Waals surface area contributed by atoms with Gasteiger partial charge in [-0.2, -0.15) is 0 Å². The van der Waals surface area contributed by atoms with Crippen LogP contribution in [0.1, 0.15) is 22.3 Å². The van der Waals surface area contributed by atoms with Crippen LogP contribution in [0.4, 0.5) is 0 Å². The molecule has 1 aromatic rings. The molecular formula is C11H16O4. The van der Waals surface area contributed by atoms with E-state index in [1.807, 2.05) is 0 Å². The van der Waals surface area contributed by atoms with Gasteiger partial charge < -0.3 is 20.1 Å². The molecule has 3 N–H and O–H groups in total. The number of rotatable bonds is 3. The quantitative estimate of drug-likeness (QED) is 0.699. The van der Waals surface area contributed by atoms with Gasteiger partial charge in [0.1, 0.15) is 0 Å². The molecule has 15 heavy (non-hydrogen) atoms. The third-order valence-electron chi connectivity index (χ3n) is 2.72. The minimum Gasteiger partial charge on any atom is -0.504 e. The smallest absolute Gasteiger partial charge is 0.164 e. The van der Waals surface area contributed by atoms with Crippen LogP contribution >= 0.6 is 0 Å². The molecule has 84 valence electrons. The molecule has 0 bridgehead atoms. The third-order valence-corrected chi connectivity index (χ3v) is 2.72. The zero-order chi connectivity index (χ0) is 11.6. The van der Waals surface area contributed by atoms with E-state index < -0.39 is 0 Å². The highest BCUT2D eigenvalue weighted by Gasteiger charge is 2.18. The molecule has 0 atom stereocenters. The van der Waals surface area contributed by atoms with Crippen LogP contribution in [0.25, 0.3) is 0 Å². The molecule has 0 aliphatic heterocycles. The Labute approximate surface area is 88.8 Å². The van der Waals surface area contributed by atoms with Crippen molar-refractivity contribution < 1.29 is 20.1 Å². The summed E-state index contributed by atoms with van der Waals surface area (Å²) >= 11 is 0. The van der Waals surface area contributed by atoms with Crippen LogP contribution in [-0.4, -0.2) is 22.4 Å². The molecule has 4 heteroatoms. The van der Waals surface area contributed by atoms with E-state index in [4.69, 9.17) is 9.84 Å². The van der Waals surface area contributed by atoms with E-state index in [1.54, 1.807) is 13.8 Å². The van der Waals surface area contributed by atoms with Crippen molar-refractivity contribution in [2.45, 2.75) is 27.1 Å². The van der Waals surface area contributed by atoms with Gasteiger partial charge in [-0.05, 0) is 25.0 Å². The largest absolute Gasteiger partial charge is 0.504 e. The molecule has 0 fully saturated rings. The highest BCUT2D eigenvalue weighted by Crippen LogP contribution is 2.38. The Balaban J connectivity index is 3.57. The molecule has 4 nitrogen and oxygen atoms in total. The van der Waals surface area contributed by atoms with Crippen molar-refractivity contribution >= 4 is 0 Å². The fourth-order valence-corrected chi connectivity index (χ4v) is 1.77. The van der Waals surface area contributed by atoms with Gasteiger partial charge in [-0.15, -0.1) is 0 Å². The van der Waals surface area contributed by atoms with Crippen LogP contribution in [-0.2, 0) is 13.2 Å². The van der Waals surface area contributed by atoms with Gasteiger partial charge in [-0.25, -0.2) is 0 Å². The average molecular weight is 212 g/mol. The molecule has 0 heterocycles. The van der Waals surface area contributed by atoms with Gasteiger partial charge in [-0.3, -0.25) is 0 Å². The second-order valence-corrected chi connectivity index (χ2v) is 3.41. The van der Waals surface area contributed by atoms with Gasteiger partial charge >= 0.3 is 0 Å². The van der Waals surface area contributed by atoms with Gasteiger partial charge in [0.15, 0.2) is 11.5 Å². The van der Waals surface area contributed by atoms with E-state index in [2.05, 4.69) is 0 Å².